The zero-order valence-corrected chi connectivity index (χ0v) is 14.9. The highest BCUT2D eigenvalue weighted by Crippen LogP contribution is 2.27. The van der Waals surface area contributed by atoms with E-state index in [1.807, 2.05) is 12.1 Å². The molecule has 3 rings (SSSR count). The molecule has 1 aliphatic heterocycles. The SMILES string of the molecule is Cc1nc(CNC(=O)C2CC(F)(F)CN2)oc1-c1ccc(Cl)cc1.Cl. The summed E-state index contributed by atoms with van der Waals surface area (Å²) in [6.07, 6.45) is -0.501. The molecule has 2 heterocycles. The fourth-order valence-corrected chi connectivity index (χ4v) is 2.71. The van der Waals surface area contributed by atoms with Crippen molar-refractivity contribution in [1.82, 2.24) is 15.6 Å². The average molecular weight is 392 g/mol. The van der Waals surface area contributed by atoms with Gasteiger partial charge in [0.05, 0.1) is 24.8 Å². The number of rotatable bonds is 4. The normalized spacial score (nSPS) is 18.6. The molecule has 1 saturated heterocycles. The van der Waals surface area contributed by atoms with E-state index in [1.54, 1.807) is 19.1 Å². The van der Waals surface area contributed by atoms with Gasteiger partial charge in [-0.3, -0.25) is 10.1 Å². The molecule has 1 unspecified atom stereocenters. The third kappa shape index (κ3) is 4.68. The van der Waals surface area contributed by atoms with Crippen LogP contribution >= 0.6 is 24.0 Å². The highest BCUT2D eigenvalue weighted by Gasteiger charge is 2.42. The van der Waals surface area contributed by atoms with Crippen LogP contribution in [-0.4, -0.2) is 29.4 Å². The number of halogens is 4. The molecule has 9 heteroatoms. The number of nitrogens with zero attached hydrogens (tertiary/aromatic N) is 1. The van der Waals surface area contributed by atoms with Crippen molar-refractivity contribution in [3.05, 3.63) is 40.9 Å². The van der Waals surface area contributed by atoms with Gasteiger partial charge in [0, 0.05) is 17.0 Å². The Hall–Kier alpha value is -1.70. The summed E-state index contributed by atoms with van der Waals surface area (Å²) >= 11 is 5.86. The number of hydrogen-bond donors (Lipinski definition) is 2. The second kappa shape index (κ2) is 7.68. The first-order valence-electron chi connectivity index (χ1n) is 7.45. The molecule has 0 bridgehead atoms. The third-order valence-corrected chi connectivity index (χ3v) is 4.04. The van der Waals surface area contributed by atoms with Crippen molar-refractivity contribution in [2.45, 2.75) is 31.9 Å². The van der Waals surface area contributed by atoms with Crippen LogP contribution in [0.25, 0.3) is 11.3 Å². The Morgan fingerprint density at radius 3 is 2.72 bits per heavy atom. The van der Waals surface area contributed by atoms with Crippen LogP contribution in [0.1, 0.15) is 18.0 Å². The van der Waals surface area contributed by atoms with Crippen LogP contribution in [0.2, 0.25) is 5.02 Å². The lowest BCUT2D eigenvalue weighted by molar-refractivity contribution is -0.123. The van der Waals surface area contributed by atoms with Crippen molar-refractivity contribution in [1.29, 1.82) is 0 Å². The van der Waals surface area contributed by atoms with E-state index in [-0.39, 0.29) is 19.0 Å². The van der Waals surface area contributed by atoms with Crippen LogP contribution in [0.15, 0.2) is 28.7 Å². The van der Waals surface area contributed by atoms with E-state index in [4.69, 9.17) is 16.0 Å². The smallest absolute Gasteiger partial charge is 0.262 e. The molecular weight excluding hydrogens is 375 g/mol. The van der Waals surface area contributed by atoms with Crippen LogP contribution in [0.3, 0.4) is 0 Å². The zero-order chi connectivity index (χ0) is 17.3. The predicted octanol–water partition coefficient (Wildman–Crippen LogP) is 3.34. The highest BCUT2D eigenvalue weighted by molar-refractivity contribution is 6.30. The van der Waals surface area contributed by atoms with E-state index in [9.17, 15) is 13.6 Å². The van der Waals surface area contributed by atoms with Crippen LogP contribution in [0.4, 0.5) is 8.78 Å². The summed E-state index contributed by atoms with van der Waals surface area (Å²) in [5, 5.41) is 5.69. The largest absolute Gasteiger partial charge is 0.438 e. The van der Waals surface area contributed by atoms with Gasteiger partial charge in [0.25, 0.3) is 5.92 Å². The van der Waals surface area contributed by atoms with E-state index >= 15 is 0 Å². The van der Waals surface area contributed by atoms with Crippen LogP contribution in [-0.2, 0) is 11.3 Å². The number of amides is 1. The van der Waals surface area contributed by atoms with E-state index in [1.165, 1.54) is 0 Å². The summed E-state index contributed by atoms with van der Waals surface area (Å²) in [6.45, 7) is 1.35. The third-order valence-electron chi connectivity index (χ3n) is 3.79. The van der Waals surface area contributed by atoms with E-state index in [0.29, 0.717) is 22.4 Å². The van der Waals surface area contributed by atoms with Gasteiger partial charge < -0.3 is 9.73 Å². The molecule has 1 amide bonds. The Kier molecular flexibility index (Phi) is 6.03. The maximum absolute atomic E-state index is 13.1. The van der Waals surface area contributed by atoms with Crippen molar-refractivity contribution >= 4 is 29.9 Å². The Morgan fingerprint density at radius 1 is 1.44 bits per heavy atom. The second-order valence-corrected chi connectivity index (χ2v) is 6.18. The van der Waals surface area contributed by atoms with Gasteiger partial charge in [-0.2, -0.15) is 0 Å². The minimum atomic E-state index is -2.84. The number of carbonyl (C=O) groups is 1. The number of aryl methyl sites for hydroxylation is 1. The van der Waals surface area contributed by atoms with Gasteiger partial charge in [-0.15, -0.1) is 12.4 Å². The summed E-state index contributed by atoms with van der Waals surface area (Å²) in [5.74, 6) is -2.43. The fourth-order valence-electron chi connectivity index (χ4n) is 2.58. The Morgan fingerprint density at radius 2 is 2.12 bits per heavy atom. The topological polar surface area (TPSA) is 67.2 Å². The Labute approximate surface area is 154 Å². The monoisotopic (exact) mass is 391 g/mol. The zero-order valence-electron chi connectivity index (χ0n) is 13.3. The molecule has 1 aliphatic rings. The molecule has 1 aromatic heterocycles. The van der Waals surface area contributed by atoms with Crippen LogP contribution < -0.4 is 10.6 Å². The van der Waals surface area contributed by atoms with Gasteiger partial charge in [-0.25, -0.2) is 13.8 Å². The first-order valence-corrected chi connectivity index (χ1v) is 7.83. The van der Waals surface area contributed by atoms with Gasteiger partial charge in [0.15, 0.2) is 5.76 Å². The van der Waals surface area contributed by atoms with Crippen LogP contribution in [0.5, 0.6) is 0 Å². The molecule has 0 saturated carbocycles. The van der Waals surface area contributed by atoms with Crippen molar-refractivity contribution in [2.75, 3.05) is 6.54 Å². The lowest BCUT2D eigenvalue weighted by Gasteiger charge is -2.09. The lowest BCUT2D eigenvalue weighted by atomic mass is 10.1. The fraction of sp³-hybridized carbons (Fsp3) is 0.375. The van der Waals surface area contributed by atoms with Crippen LogP contribution in [0, 0.1) is 6.92 Å². The molecule has 0 spiro atoms. The van der Waals surface area contributed by atoms with Crippen molar-refractivity contribution in [2.24, 2.45) is 0 Å². The molecule has 25 heavy (non-hydrogen) atoms. The van der Waals surface area contributed by atoms with Gasteiger partial charge in [-0.05, 0) is 31.2 Å². The average Bonchev–Trinajstić information content (AvgIpc) is 3.08. The number of hydrogen-bond acceptors (Lipinski definition) is 4. The summed E-state index contributed by atoms with van der Waals surface area (Å²) in [5.41, 5.74) is 1.49. The van der Waals surface area contributed by atoms with E-state index in [0.717, 1.165) is 5.56 Å². The van der Waals surface area contributed by atoms with Gasteiger partial charge in [0.1, 0.15) is 0 Å². The molecule has 5 nitrogen and oxygen atoms in total. The minimum absolute atomic E-state index is 0. The van der Waals surface area contributed by atoms with E-state index in [2.05, 4.69) is 15.6 Å². The maximum atomic E-state index is 13.1. The summed E-state index contributed by atoms with van der Waals surface area (Å²) in [7, 11) is 0. The first-order chi connectivity index (χ1) is 11.3. The van der Waals surface area contributed by atoms with Crippen molar-refractivity contribution in [3.8, 4) is 11.3 Å². The lowest BCUT2D eigenvalue weighted by Crippen LogP contribution is -2.40. The molecular formula is C16H17Cl2F2N3O2. The van der Waals surface area contributed by atoms with E-state index < -0.39 is 30.8 Å². The standard InChI is InChI=1S/C16H16ClF2N3O2.ClH/c1-9-14(10-2-4-11(17)5-3-10)24-13(22-9)7-20-15(23)12-6-16(18,19)8-21-12;/h2-5,12,21H,6-8H2,1H3,(H,20,23);1H. The minimum Gasteiger partial charge on any atom is -0.438 e. The molecule has 0 radical (unpaired) electrons. The molecule has 2 N–H and O–H groups in total. The quantitative estimate of drug-likeness (QED) is 0.838. The molecule has 136 valence electrons. The van der Waals surface area contributed by atoms with Gasteiger partial charge in [0.2, 0.25) is 11.8 Å². The first kappa shape index (κ1) is 19.6. The van der Waals surface area contributed by atoms with Gasteiger partial charge in [-0.1, -0.05) is 11.6 Å². The van der Waals surface area contributed by atoms with Crippen molar-refractivity contribution in [3.63, 3.8) is 0 Å². The molecule has 0 aliphatic carbocycles. The Balaban J connectivity index is 0.00000225. The second-order valence-electron chi connectivity index (χ2n) is 5.74. The maximum Gasteiger partial charge on any atom is 0.262 e. The number of alkyl halides is 2. The summed E-state index contributed by atoms with van der Waals surface area (Å²) in [6, 6.07) is 6.20. The molecule has 1 aromatic carbocycles. The number of carbonyl (C=O) groups excluding carboxylic acids is 1. The summed E-state index contributed by atoms with van der Waals surface area (Å²) in [4.78, 5) is 16.2. The summed E-state index contributed by atoms with van der Waals surface area (Å²) < 4.78 is 31.9. The van der Waals surface area contributed by atoms with Crippen molar-refractivity contribution < 1.29 is 18.0 Å². The molecule has 1 atom stereocenters. The number of nitrogens with one attached hydrogen (secondary N) is 2. The molecule has 2 aromatic rings. The highest BCUT2D eigenvalue weighted by atomic mass is 35.5. The Bertz CT molecular complexity index is 750. The molecule has 1 fully saturated rings. The number of oxazole rings is 1. The van der Waals surface area contributed by atoms with Gasteiger partial charge >= 0.3 is 0 Å². The number of benzene rings is 1. The predicted molar refractivity (Wildman–Crippen MR) is 92.1 cm³/mol. The number of aromatic nitrogens is 1.